The third-order valence-electron chi connectivity index (χ3n) is 5.00. The molecule has 4 rings (SSSR count). The van der Waals surface area contributed by atoms with Crippen LogP contribution in [-0.4, -0.2) is 46.7 Å². The molecule has 2 amide bonds. The Morgan fingerprint density at radius 3 is 2.35 bits per heavy atom. The number of halogens is 1. The van der Waals surface area contributed by atoms with E-state index in [0.717, 1.165) is 0 Å². The molecule has 2 aromatic carbocycles. The molecular weight excluding hydrogens is 466 g/mol. The maximum Gasteiger partial charge on any atom is 0.257 e. The largest absolute Gasteiger partial charge is 0.322 e. The molecule has 164 valence electrons. The van der Waals surface area contributed by atoms with Crippen molar-refractivity contribution in [2.75, 3.05) is 32.0 Å². The summed E-state index contributed by atoms with van der Waals surface area (Å²) in [7, 11) is -7.09. The van der Waals surface area contributed by atoms with E-state index >= 15 is 0 Å². The van der Waals surface area contributed by atoms with Gasteiger partial charge in [-0.25, -0.2) is 21.1 Å². The van der Waals surface area contributed by atoms with Crippen LogP contribution in [0.2, 0.25) is 5.02 Å². The zero-order valence-corrected chi connectivity index (χ0v) is 18.5. The summed E-state index contributed by atoms with van der Waals surface area (Å²) in [5.41, 5.74) is 0.982. The summed E-state index contributed by atoms with van der Waals surface area (Å²) in [4.78, 5) is 24.6. The average Bonchev–Trinajstić information content (AvgIpc) is 3.18. The van der Waals surface area contributed by atoms with Gasteiger partial charge in [0.25, 0.3) is 5.91 Å². The van der Waals surface area contributed by atoms with E-state index in [4.69, 9.17) is 11.6 Å². The molecule has 2 heterocycles. The van der Waals surface area contributed by atoms with Crippen LogP contribution in [0.3, 0.4) is 0 Å². The van der Waals surface area contributed by atoms with Gasteiger partial charge in [-0.3, -0.25) is 13.9 Å². The van der Waals surface area contributed by atoms with Crippen molar-refractivity contribution in [1.29, 1.82) is 0 Å². The first-order chi connectivity index (χ1) is 14.6. The highest BCUT2D eigenvalue weighted by atomic mass is 35.5. The zero-order valence-electron chi connectivity index (χ0n) is 16.1. The van der Waals surface area contributed by atoms with E-state index in [1.165, 1.54) is 22.5 Å². The van der Waals surface area contributed by atoms with Gasteiger partial charge in [-0.15, -0.1) is 0 Å². The smallest absolute Gasteiger partial charge is 0.257 e. The number of carbonyl (C=O) groups is 2. The third-order valence-corrected chi connectivity index (χ3v) is 8.87. The Hall–Kier alpha value is -2.63. The molecule has 2 saturated heterocycles. The molecule has 2 aliphatic heterocycles. The summed E-state index contributed by atoms with van der Waals surface area (Å²) < 4.78 is 50.4. The fraction of sp³-hybridized carbons (Fsp3) is 0.263. The molecular formula is C19H18ClN3O6S2. The number of carbonyl (C=O) groups excluding carboxylic acids is 2. The highest BCUT2D eigenvalue weighted by Crippen LogP contribution is 2.30. The fourth-order valence-electron chi connectivity index (χ4n) is 3.55. The lowest BCUT2D eigenvalue weighted by Gasteiger charge is -2.18. The SMILES string of the molecule is O=C(Nc1cccc(N2CCCS2(=O)=O)c1)c1ccc(N2C(=O)CCS2(=O)=O)cc1Cl. The summed E-state index contributed by atoms with van der Waals surface area (Å²) in [5, 5.41) is 2.64. The molecule has 0 bridgehead atoms. The van der Waals surface area contributed by atoms with Crippen LogP contribution in [0, 0.1) is 0 Å². The molecule has 0 spiro atoms. The van der Waals surface area contributed by atoms with Gasteiger partial charge >= 0.3 is 0 Å². The van der Waals surface area contributed by atoms with Crippen molar-refractivity contribution < 1.29 is 26.4 Å². The van der Waals surface area contributed by atoms with E-state index in [0.29, 0.717) is 28.6 Å². The zero-order chi connectivity index (χ0) is 22.4. The summed E-state index contributed by atoms with van der Waals surface area (Å²) in [6, 6.07) is 10.4. The number of anilines is 3. The van der Waals surface area contributed by atoms with Gasteiger partial charge < -0.3 is 5.32 Å². The molecule has 0 radical (unpaired) electrons. The highest BCUT2D eigenvalue weighted by molar-refractivity contribution is 7.94. The quantitative estimate of drug-likeness (QED) is 0.711. The Morgan fingerprint density at radius 1 is 0.968 bits per heavy atom. The normalized spacial score (nSPS) is 19.6. The van der Waals surface area contributed by atoms with Crippen LogP contribution >= 0.6 is 11.6 Å². The second-order valence-corrected chi connectivity index (χ2v) is 11.5. The molecule has 2 aromatic rings. The lowest BCUT2D eigenvalue weighted by molar-refractivity contribution is -0.116. The summed E-state index contributed by atoms with van der Waals surface area (Å²) >= 11 is 6.20. The molecule has 2 aliphatic rings. The van der Waals surface area contributed by atoms with Crippen LogP contribution in [0.1, 0.15) is 23.2 Å². The molecule has 1 N–H and O–H groups in total. The van der Waals surface area contributed by atoms with Gasteiger partial charge in [0.2, 0.25) is 26.0 Å². The van der Waals surface area contributed by atoms with Crippen LogP contribution in [0.25, 0.3) is 0 Å². The fourth-order valence-corrected chi connectivity index (χ4v) is 6.82. The molecule has 12 heteroatoms. The molecule has 0 unspecified atom stereocenters. The van der Waals surface area contributed by atoms with E-state index in [1.54, 1.807) is 24.3 Å². The van der Waals surface area contributed by atoms with Crippen LogP contribution in [0.15, 0.2) is 42.5 Å². The Labute approximate surface area is 184 Å². The van der Waals surface area contributed by atoms with Crippen LogP contribution in [-0.2, 0) is 24.8 Å². The number of rotatable bonds is 4. The third kappa shape index (κ3) is 4.12. The van der Waals surface area contributed by atoms with Gasteiger partial charge in [-0.1, -0.05) is 17.7 Å². The van der Waals surface area contributed by atoms with Gasteiger partial charge in [-0.05, 0) is 42.8 Å². The molecule has 0 saturated carbocycles. The van der Waals surface area contributed by atoms with E-state index in [2.05, 4.69) is 5.32 Å². The maximum atomic E-state index is 12.7. The van der Waals surface area contributed by atoms with Crippen molar-refractivity contribution in [2.45, 2.75) is 12.8 Å². The van der Waals surface area contributed by atoms with E-state index in [1.807, 2.05) is 0 Å². The highest BCUT2D eigenvalue weighted by Gasteiger charge is 2.36. The topological polar surface area (TPSA) is 121 Å². The first-order valence-electron chi connectivity index (χ1n) is 9.36. The molecule has 0 atom stereocenters. The van der Waals surface area contributed by atoms with Crippen molar-refractivity contribution in [2.24, 2.45) is 0 Å². The molecule has 2 fully saturated rings. The lowest BCUT2D eigenvalue weighted by Crippen LogP contribution is -2.29. The second kappa shape index (κ2) is 7.81. The number of nitrogens with one attached hydrogen (secondary N) is 1. The van der Waals surface area contributed by atoms with Gasteiger partial charge in [0.1, 0.15) is 0 Å². The average molecular weight is 484 g/mol. The molecule has 0 aliphatic carbocycles. The van der Waals surface area contributed by atoms with Crippen molar-refractivity contribution in [3.63, 3.8) is 0 Å². The van der Waals surface area contributed by atoms with Crippen molar-refractivity contribution in [3.8, 4) is 0 Å². The van der Waals surface area contributed by atoms with Crippen molar-refractivity contribution in [1.82, 2.24) is 0 Å². The number of hydrogen-bond acceptors (Lipinski definition) is 6. The number of benzene rings is 2. The van der Waals surface area contributed by atoms with E-state index in [-0.39, 0.29) is 34.2 Å². The minimum absolute atomic E-state index is 0.0248. The maximum absolute atomic E-state index is 12.7. The lowest BCUT2D eigenvalue weighted by atomic mass is 10.1. The first kappa shape index (κ1) is 21.6. The minimum atomic E-state index is -3.74. The summed E-state index contributed by atoms with van der Waals surface area (Å²) in [6.45, 7) is 0.380. The standard InChI is InChI=1S/C19H18ClN3O6S2/c20-17-12-15(23-18(24)7-10-31(23,28)29)5-6-16(17)19(25)21-13-3-1-4-14(11-13)22-8-2-9-30(22,26)27/h1,3-6,11-12H,2,7-10H2,(H,21,25). The Balaban J connectivity index is 1.56. The van der Waals surface area contributed by atoms with Crippen LogP contribution in [0.4, 0.5) is 17.1 Å². The van der Waals surface area contributed by atoms with Gasteiger partial charge in [0, 0.05) is 18.7 Å². The van der Waals surface area contributed by atoms with Gasteiger partial charge in [-0.2, -0.15) is 0 Å². The van der Waals surface area contributed by atoms with Gasteiger partial charge in [0.05, 0.1) is 33.5 Å². The van der Waals surface area contributed by atoms with Gasteiger partial charge in [0.15, 0.2) is 0 Å². The van der Waals surface area contributed by atoms with Crippen molar-refractivity contribution >= 4 is 60.5 Å². The first-order valence-corrected chi connectivity index (χ1v) is 13.0. The Morgan fingerprint density at radius 2 is 1.74 bits per heavy atom. The summed E-state index contributed by atoms with van der Waals surface area (Å²) in [6.07, 6.45) is 0.432. The summed E-state index contributed by atoms with van der Waals surface area (Å²) in [5.74, 6) is -1.30. The van der Waals surface area contributed by atoms with Crippen molar-refractivity contribution in [3.05, 3.63) is 53.1 Å². The number of sulfonamides is 2. The Kier molecular flexibility index (Phi) is 5.44. The Bertz CT molecular complexity index is 1290. The number of amides is 2. The number of nitrogens with zero attached hydrogens (tertiary/aromatic N) is 2. The second-order valence-electron chi connectivity index (χ2n) is 7.13. The van der Waals surface area contributed by atoms with E-state index < -0.39 is 31.9 Å². The molecule has 31 heavy (non-hydrogen) atoms. The number of hydrogen-bond donors (Lipinski definition) is 1. The monoisotopic (exact) mass is 483 g/mol. The molecule has 0 aromatic heterocycles. The molecule has 9 nitrogen and oxygen atoms in total. The van der Waals surface area contributed by atoms with Crippen LogP contribution < -0.4 is 13.9 Å². The minimum Gasteiger partial charge on any atom is -0.322 e. The van der Waals surface area contributed by atoms with Crippen LogP contribution in [0.5, 0.6) is 0 Å². The van der Waals surface area contributed by atoms with E-state index in [9.17, 15) is 26.4 Å². The predicted octanol–water partition coefficient (Wildman–Crippen LogP) is 2.20. The predicted molar refractivity (Wildman–Crippen MR) is 117 cm³/mol.